The molecule has 0 nitrogen and oxygen atoms in total. The molecule has 0 aromatic heterocycles. The summed E-state index contributed by atoms with van der Waals surface area (Å²) in [5.74, 6) is 0. The fourth-order valence-electron chi connectivity index (χ4n) is 5.04. The van der Waals surface area contributed by atoms with Crippen LogP contribution in [-0.2, 0) is 0 Å². The zero-order chi connectivity index (χ0) is 22.6. The quantitative estimate of drug-likeness (QED) is 0.253. The van der Waals surface area contributed by atoms with Crippen molar-refractivity contribution in [3.8, 4) is 22.3 Å². The van der Waals surface area contributed by atoms with Gasteiger partial charge in [0, 0.05) is 0 Å². The molecule has 0 unspecified atom stereocenters. The van der Waals surface area contributed by atoms with Crippen LogP contribution in [0.5, 0.6) is 0 Å². The maximum atomic E-state index is 2.38. The summed E-state index contributed by atoms with van der Waals surface area (Å²) in [6.07, 6.45) is 0. The summed E-state index contributed by atoms with van der Waals surface area (Å²) in [6, 6.07) is 27.5. The minimum absolute atomic E-state index is 1.29. The molecule has 0 heteroatoms. The first-order valence-corrected chi connectivity index (χ1v) is 11.5. The van der Waals surface area contributed by atoms with Gasteiger partial charge in [-0.05, 0) is 96.5 Å². The lowest BCUT2D eigenvalue weighted by atomic mass is 9.81. The van der Waals surface area contributed by atoms with Crippen molar-refractivity contribution in [1.29, 1.82) is 0 Å². The molecule has 0 aliphatic rings. The summed E-state index contributed by atoms with van der Waals surface area (Å²) in [4.78, 5) is 0. The van der Waals surface area contributed by atoms with Crippen molar-refractivity contribution in [1.82, 2.24) is 0 Å². The van der Waals surface area contributed by atoms with E-state index in [1.165, 1.54) is 77.2 Å². The predicted molar refractivity (Wildman–Crippen MR) is 141 cm³/mol. The van der Waals surface area contributed by atoms with Crippen LogP contribution < -0.4 is 0 Å². The van der Waals surface area contributed by atoms with E-state index >= 15 is 0 Å². The van der Waals surface area contributed by atoms with Crippen LogP contribution in [0.4, 0.5) is 0 Å². The minimum Gasteiger partial charge on any atom is -0.0590 e. The highest BCUT2D eigenvalue weighted by atomic mass is 14.2. The SMILES string of the molecule is Cc1ccc(C)c(-c2c(-c3cc(C)ccc3C)c3cc(C)ccc3c3ccc(C)cc23)c1. The van der Waals surface area contributed by atoms with Gasteiger partial charge >= 0.3 is 0 Å². The maximum absolute atomic E-state index is 2.38. The monoisotopic (exact) mass is 414 g/mol. The molecule has 5 aromatic rings. The van der Waals surface area contributed by atoms with Gasteiger partial charge in [0.25, 0.3) is 0 Å². The van der Waals surface area contributed by atoms with Crippen LogP contribution in [0.2, 0.25) is 0 Å². The second kappa shape index (κ2) is 7.64. The van der Waals surface area contributed by atoms with Crippen molar-refractivity contribution in [2.45, 2.75) is 41.5 Å². The molecule has 0 radical (unpaired) electrons. The number of benzene rings is 5. The second-order valence-electron chi connectivity index (χ2n) is 9.48. The average molecular weight is 415 g/mol. The van der Waals surface area contributed by atoms with Crippen LogP contribution in [0, 0.1) is 41.5 Å². The normalized spacial score (nSPS) is 11.4. The van der Waals surface area contributed by atoms with Gasteiger partial charge in [0.1, 0.15) is 0 Å². The van der Waals surface area contributed by atoms with E-state index in [1.807, 2.05) is 0 Å². The topological polar surface area (TPSA) is 0 Å². The average Bonchev–Trinajstić information content (AvgIpc) is 2.76. The third-order valence-corrected chi connectivity index (χ3v) is 6.75. The Morgan fingerprint density at radius 2 is 0.688 bits per heavy atom. The number of hydrogen-bond donors (Lipinski definition) is 0. The zero-order valence-corrected chi connectivity index (χ0v) is 19.9. The van der Waals surface area contributed by atoms with Gasteiger partial charge in [-0.3, -0.25) is 0 Å². The Bertz CT molecular complexity index is 1400. The third-order valence-electron chi connectivity index (χ3n) is 6.75. The Morgan fingerprint density at radius 1 is 0.344 bits per heavy atom. The fourth-order valence-corrected chi connectivity index (χ4v) is 5.04. The van der Waals surface area contributed by atoms with E-state index in [2.05, 4.69) is 114 Å². The Kier molecular flexibility index (Phi) is 4.90. The molecule has 0 fully saturated rings. The molecule has 0 bridgehead atoms. The lowest BCUT2D eigenvalue weighted by Gasteiger charge is -2.22. The van der Waals surface area contributed by atoms with Crippen molar-refractivity contribution in [2.75, 3.05) is 0 Å². The van der Waals surface area contributed by atoms with E-state index in [0.717, 1.165) is 0 Å². The molecule has 0 amide bonds. The molecule has 5 rings (SSSR count). The first kappa shape index (κ1) is 20.5. The molecule has 0 spiro atoms. The Morgan fingerprint density at radius 3 is 1.09 bits per heavy atom. The molecule has 158 valence electrons. The van der Waals surface area contributed by atoms with E-state index in [4.69, 9.17) is 0 Å². The van der Waals surface area contributed by atoms with Crippen LogP contribution in [0.15, 0.2) is 72.8 Å². The van der Waals surface area contributed by atoms with Crippen molar-refractivity contribution in [3.05, 3.63) is 106 Å². The number of rotatable bonds is 2. The van der Waals surface area contributed by atoms with Crippen molar-refractivity contribution >= 4 is 21.5 Å². The smallest absolute Gasteiger partial charge is 0.00174 e. The largest absolute Gasteiger partial charge is 0.0590 e. The molecule has 0 aliphatic carbocycles. The van der Waals surface area contributed by atoms with Crippen LogP contribution in [0.25, 0.3) is 43.8 Å². The minimum atomic E-state index is 1.29. The number of aryl methyl sites for hydroxylation is 6. The predicted octanol–water partition coefficient (Wildman–Crippen LogP) is 9.18. The summed E-state index contributed by atoms with van der Waals surface area (Å²) < 4.78 is 0. The molecule has 32 heavy (non-hydrogen) atoms. The van der Waals surface area contributed by atoms with Gasteiger partial charge in [0.2, 0.25) is 0 Å². The van der Waals surface area contributed by atoms with E-state index in [1.54, 1.807) is 0 Å². The van der Waals surface area contributed by atoms with Crippen LogP contribution in [0.3, 0.4) is 0 Å². The third kappa shape index (κ3) is 3.31. The van der Waals surface area contributed by atoms with Crippen LogP contribution in [-0.4, -0.2) is 0 Å². The highest BCUT2D eigenvalue weighted by Crippen LogP contribution is 2.46. The molecule has 0 aliphatic heterocycles. The van der Waals surface area contributed by atoms with Crippen molar-refractivity contribution < 1.29 is 0 Å². The molecular weight excluding hydrogens is 384 g/mol. The molecular formula is C32H30. The summed E-state index contributed by atoms with van der Waals surface area (Å²) in [5.41, 5.74) is 13.2. The summed E-state index contributed by atoms with van der Waals surface area (Å²) in [7, 11) is 0. The maximum Gasteiger partial charge on any atom is -0.00174 e. The van der Waals surface area contributed by atoms with Gasteiger partial charge in [0.15, 0.2) is 0 Å². The first-order valence-electron chi connectivity index (χ1n) is 11.5. The molecule has 0 saturated carbocycles. The van der Waals surface area contributed by atoms with Crippen LogP contribution in [0.1, 0.15) is 33.4 Å². The number of fused-ring (bicyclic) bond motifs is 3. The summed E-state index contributed by atoms with van der Waals surface area (Å²) in [6.45, 7) is 13.3. The van der Waals surface area contributed by atoms with E-state index in [-0.39, 0.29) is 0 Å². The lowest BCUT2D eigenvalue weighted by molar-refractivity contribution is 1.38. The molecule has 0 saturated heterocycles. The standard InChI is InChI=1S/C32H30/c1-19-7-11-23(5)27(15-19)31-29-17-21(3)9-13-25(29)26-14-10-22(4)18-30(26)32(31)28-16-20(2)8-12-24(28)6/h7-18H,1-6H3. The molecule has 0 heterocycles. The summed E-state index contributed by atoms with van der Waals surface area (Å²) in [5, 5.41) is 5.34. The molecule has 0 atom stereocenters. The molecule has 0 N–H and O–H groups in total. The Balaban J connectivity index is 2.12. The molecule has 5 aromatic carbocycles. The van der Waals surface area contributed by atoms with E-state index in [9.17, 15) is 0 Å². The van der Waals surface area contributed by atoms with Gasteiger partial charge in [-0.25, -0.2) is 0 Å². The van der Waals surface area contributed by atoms with Crippen molar-refractivity contribution in [3.63, 3.8) is 0 Å². The number of hydrogen-bond acceptors (Lipinski definition) is 0. The first-order chi connectivity index (χ1) is 15.3. The zero-order valence-electron chi connectivity index (χ0n) is 19.9. The van der Waals surface area contributed by atoms with Crippen molar-refractivity contribution in [2.24, 2.45) is 0 Å². The van der Waals surface area contributed by atoms with Gasteiger partial charge in [-0.1, -0.05) is 95.1 Å². The highest BCUT2D eigenvalue weighted by molar-refractivity contribution is 6.22. The Hall–Kier alpha value is -3.38. The lowest BCUT2D eigenvalue weighted by Crippen LogP contribution is -1.96. The van der Waals surface area contributed by atoms with Crippen LogP contribution >= 0.6 is 0 Å². The highest BCUT2D eigenvalue weighted by Gasteiger charge is 2.20. The van der Waals surface area contributed by atoms with Gasteiger partial charge in [-0.15, -0.1) is 0 Å². The fraction of sp³-hybridized carbons (Fsp3) is 0.188. The van der Waals surface area contributed by atoms with Gasteiger partial charge in [0.05, 0.1) is 0 Å². The van der Waals surface area contributed by atoms with Gasteiger partial charge < -0.3 is 0 Å². The summed E-state index contributed by atoms with van der Waals surface area (Å²) >= 11 is 0. The Labute approximate surface area is 191 Å². The van der Waals surface area contributed by atoms with Gasteiger partial charge in [-0.2, -0.15) is 0 Å². The van der Waals surface area contributed by atoms with E-state index in [0.29, 0.717) is 0 Å². The van der Waals surface area contributed by atoms with E-state index < -0.39 is 0 Å². The second-order valence-corrected chi connectivity index (χ2v) is 9.48.